The Morgan fingerprint density at radius 2 is 2.07 bits per heavy atom. The zero-order valence-electron chi connectivity index (χ0n) is 9.25. The van der Waals surface area contributed by atoms with Gasteiger partial charge in [0.25, 0.3) is 5.95 Å². The van der Waals surface area contributed by atoms with Gasteiger partial charge in [0, 0.05) is 0 Å². The van der Waals surface area contributed by atoms with Crippen molar-refractivity contribution in [2.75, 3.05) is 14.2 Å². The highest BCUT2D eigenvalue weighted by molar-refractivity contribution is 6.59. The largest absolute Gasteiger partial charge is 0.469 e. The predicted molar refractivity (Wildman–Crippen MR) is 64.1 cm³/mol. The summed E-state index contributed by atoms with van der Waals surface area (Å²) in [5.74, 6) is 0.651. The molecule has 3 heteroatoms. The molecule has 2 nitrogen and oxygen atoms in total. The van der Waals surface area contributed by atoms with E-state index in [2.05, 4.69) is 23.9 Å². The van der Waals surface area contributed by atoms with Crippen molar-refractivity contribution in [1.29, 1.82) is 0 Å². The first-order chi connectivity index (χ1) is 7.35. The Morgan fingerprint density at radius 1 is 1.27 bits per heavy atom. The van der Waals surface area contributed by atoms with E-state index in [4.69, 9.17) is 9.47 Å². The minimum atomic E-state index is -0.392. The minimum absolute atomic E-state index is 0.392. The van der Waals surface area contributed by atoms with Gasteiger partial charge in [0.1, 0.15) is 0 Å². The number of fused-ring (bicyclic) bond motifs is 1. The van der Waals surface area contributed by atoms with Crippen LogP contribution in [0.15, 0.2) is 29.8 Å². The molecule has 0 unspecified atom stereocenters. The molecule has 0 saturated carbocycles. The van der Waals surface area contributed by atoms with Crippen LogP contribution in [0.1, 0.15) is 11.1 Å². The maximum atomic E-state index is 5.08. The summed E-state index contributed by atoms with van der Waals surface area (Å²) in [6.45, 7) is 0. The second-order valence-electron chi connectivity index (χ2n) is 3.69. The molecular formula is C12H16O2Si. The van der Waals surface area contributed by atoms with Crippen LogP contribution in [0.2, 0.25) is 0 Å². The van der Waals surface area contributed by atoms with Crippen LogP contribution in [-0.4, -0.2) is 23.7 Å². The van der Waals surface area contributed by atoms with Crippen molar-refractivity contribution in [3.8, 4) is 0 Å². The van der Waals surface area contributed by atoms with Crippen molar-refractivity contribution in [2.24, 2.45) is 0 Å². The van der Waals surface area contributed by atoms with Gasteiger partial charge in [0.05, 0.1) is 23.7 Å². The first kappa shape index (κ1) is 10.3. The molecule has 0 spiro atoms. The van der Waals surface area contributed by atoms with Crippen LogP contribution in [0.4, 0.5) is 0 Å². The van der Waals surface area contributed by atoms with Gasteiger partial charge in [-0.3, -0.25) is 0 Å². The third-order valence-electron chi connectivity index (χ3n) is 2.91. The van der Waals surface area contributed by atoms with Crippen molar-refractivity contribution < 1.29 is 9.47 Å². The summed E-state index contributed by atoms with van der Waals surface area (Å²) in [7, 11) is 2.90. The summed E-state index contributed by atoms with van der Waals surface area (Å²) in [6, 6.07) is 6.63. The quantitative estimate of drug-likeness (QED) is 0.548. The van der Waals surface area contributed by atoms with Gasteiger partial charge in [-0.2, -0.15) is 0 Å². The number of rotatable bonds is 4. The Bertz CT molecular complexity index is 379. The number of benzene rings is 1. The third-order valence-corrected chi connectivity index (χ3v) is 4.55. The van der Waals surface area contributed by atoms with Gasteiger partial charge in [0.2, 0.25) is 0 Å². The molecule has 1 aromatic carbocycles. The fourth-order valence-corrected chi connectivity index (χ4v) is 3.60. The second-order valence-corrected chi connectivity index (χ2v) is 5.27. The number of hydrogen-bond acceptors (Lipinski definition) is 2. The van der Waals surface area contributed by atoms with Crippen LogP contribution in [0, 0.1) is 0 Å². The maximum Gasteiger partial charge on any atom is 0.269 e. The molecule has 0 heterocycles. The summed E-state index contributed by atoms with van der Waals surface area (Å²) < 4.78 is 10.2. The van der Waals surface area contributed by atoms with E-state index >= 15 is 0 Å². The highest BCUT2D eigenvalue weighted by atomic mass is 28.2. The van der Waals surface area contributed by atoms with E-state index in [1.807, 2.05) is 0 Å². The van der Waals surface area contributed by atoms with E-state index in [0.717, 1.165) is 0 Å². The van der Waals surface area contributed by atoms with Crippen molar-refractivity contribution in [3.05, 3.63) is 41.0 Å². The van der Waals surface area contributed by atoms with Crippen LogP contribution in [0.25, 0.3) is 0 Å². The van der Waals surface area contributed by atoms with E-state index in [9.17, 15) is 0 Å². The highest BCUT2D eigenvalue weighted by Gasteiger charge is 2.15. The molecule has 0 aromatic heterocycles. The smallest absolute Gasteiger partial charge is 0.269 e. The van der Waals surface area contributed by atoms with Crippen molar-refractivity contribution >= 4 is 14.7 Å². The molecule has 0 N–H and O–H groups in total. The van der Waals surface area contributed by atoms with Crippen molar-refractivity contribution in [3.63, 3.8) is 0 Å². The van der Waals surface area contributed by atoms with Gasteiger partial charge < -0.3 is 9.47 Å². The molecule has 0 fully saturated rings. The lowest BCUT2D eigenvalue weighted by molar-refractivity contribution is 0.0964. The number of ether oxygens (including phenoxy) is 2. The molecule has 80 valence electrons. The lowest BCUT2D eigenvalue weighted by Crippen LogP contribution is -2.26. The molecular weight excluding hydrogens is 204 g/mol. The molecule has 0 radical (unpaired) electrons. The standard InChI is InChI=1S/C12H16O2Si/c1-13-12(14-2)8-15-11-5-3-4-9-6-7-10(9)11/h3-5,8H,6-7,15H2,1-2H3. The van der Waals surface area contributed by atoms with Gasteiger partial charge in [0.15, 0.2) is 0 Å². The Balaban J connectivity index is 2.11. The van der Waals surface area contributed by atoms with E-state index in [-0.39, 0.29) is 0 Å². The predicted octanol–water partition coefficient (Wildman–Crippen LogP) is 0.671. The molecule has 0 atom stereocenters. The topological polar surface area (TPSA) is 18.5 Å². The van der Waals surface area contributed by atoms with E-state index in [0.29, 0.717) is 5.95 Å². The minimum Gasteiger partial charge on any atom is -0.469 e. The average molecular weight is 220 g/mol. The third kappa shape index (κ3) is 2.07. The molecule has 0 aliphatic heterocycles. The summed E-state index contributed by atoms with van der Waals surface area (Å²) in [5, 5.41) is 1.53. The Kier molecular flexibility index (Phi) is 3.11. The molecule has 2 rings (SSSR count). The van der Waals surface area contributed by atoms with Crippen LogP contribution >= 0.6 is 0 Å². The van der Waals surface area contributed by atoms with Gasteiger partial charge in [-0.25, -0.2) is 0 Å². The zero-order valence-corrected chi connectivity index (χ0v) is 10.7. The summed E-state index contributed by atoms with van der Waals surface area (Å²) in [5.41, 5.74) is 5.23. The molecule has 15 heavy (non-hydrogen) atoms. The number of aryl methyl sites for hydroxylation is 1. The monoisotopic (exact) mass is 220 g/mol. The van der Waals surface area contributed by atoms with Gasteiger partial charge in [-0.1, -0.05) is 23.4 Å². The highest BCUT2D eigenvalue weighted by Crippen LogP contribution is 2.19. The van der Waals surface area contributed by atoms with Crippen LogP contribution in [-0.2, 0) is 22.3 Å². The summed E-state index contributed by atoms with van der Waals surface area (Å²) in [6.07, 6.45) is 2.50. The average Bonchev–Trinajstić information content (AvgIpc) is 2.22. The number of hydrogen-bond donors (Lipinski definition) is 0. The lowest BCUT2D eigenvalue weighted by atomic mass is 9.89. The van der Waals surface area contributed by atoms with E-state index in [1.54, 1.807) is 19.8 Å². The fourth-order valence-electron chi connectivity index (χ4n) is 1.96. The molecule has 0 saturated heterocycles. The first-order valence-electron chi connectivity index (χ1n) is 5.23. The molecule has 1 aromatic rings. The van der Waals surface area contributed by atoms with E-state index in [1.165, 1.54) is 23.6 Å². The Hall–Kier alpha value is -1.22. The van der Waals surface area contributed by atoms with Gasteiger partial charge >= 0.3 is 0 Å². The van der Waals surface area contributed by atoms with E-state index < -0.39 is 9.52 Å². The maximum absolute atomic E-state index is 5.08. The van der Waals surface area contributed by atoms with Crippen molar-refractivity contribution in [2.45, 2.75) is 12.8 Å². The summed E-state index contributed by atoms with van der Waals surface area (Å²) in [4.78, 5) is 0. The zero-order chi connectivity index (χ0) is 10.7. The molecule has 0 bridgehead atoms. The molecule has 1 aliphatic rings. The number of methoxy groups -OCH3 is 2. The van der Waals surface area contributed by atoms with Crippen molar-refractivity contribution in [1.82, 2.24) is 0 Å². The fraction of sp³-hybridized carbons (Fsp3) is 0.333. The van der Waals surface area contributed by atoms with Gasteiger partial charge in [-0.15, -0.1) is 0 Å². The Morgan fingerprint density at radius 3 is 2.67 bits per heavy atom. The van der Waals surface area contributed by atoms with Gasteiger partial charge in [-0.05, 0) is 29.7 Å². The summed E-state index contributed by atoms with van der Waals surface area (Å²) >= 11 is 0. The first-order valence-corrected chi connectivity index (χ1v) is 6.75. The molecule has 1 aliphatic carbocycles. The van der Waals surface area contributed by atoms with Crippen LogP contribution in [0.3, 0.4) is 0 Å². The Labute approximate surface area is 92.7 Å². The second kappa shape index (κ2) is 4.53. The lowest BCUT2D eigenvalue weighted by Gasteiger charge is -2.21. The van der Waals surface area contributed by atoms with Crippen LogP contribution in [0.5, 0.6) is 0 Å². The molecule has 0 amide bonds. The van der Waals surface area contributed by atoms with Crippen LogP contribution < -0.4 is 5.19 Å². The SMILES string of the molecule is COC(=C[SiH2]c1cccc2c1CC2)OC. The normalized spacial score (nSPS) is 13.2.